The van der Waals surface area contributed by atoms with Crippen LogP contribution >= 0.6 is 22.9 Å². The molecule has 18 heavy (non-hydrogen) atoms. The lowest BCUT2D eigenvalue weighted by Gasteiger charge is -2.17. The maximum atomic E-state index is 9.99. The summed E-state index contributed by atoms with van der Waals surface area (Å²) in [5.74, 6) is 0. The summed E-state index contributed by atoms with van der Waals surface area (Å²) in [5.41, 5.74) is 1.05. The third kappa shape index (κ3) is 3.33. The van der Waals surface area contributed by atoms with Crippen LogP contribution in [0.1, 0.15) is 29.5 Å². The van der Waals surface area contributed by atoms with E-state index in [0.717, 1.165) is 15.5 Å². The Morgan fingerprint density at radius 3 is 2.72 bits per heavy atom. The monoisotopic (exact) mass is 281 g/mol. The summed E-state index contributed by atoms with van der Waals surface area (Å²) in [6, 6.07) is 11.8. The molecule has 0 aliphatic heterocycles. The van der Waals surface area contributed by atoms with Crippen LogP contribution < -0.4 is 5.32 Å². The van der Waals surface area contributed by atoms with Gasteiger partial charge < -0.3 is 10.4 Å². The van der Waals surface area contributed by atoms with Gasteiger partial charge in [-0.3, -0.25) is 0 Å². The molecule has 1 heterocycles. The maximum Gasteiger partial charge on any atom is 0.101 e. The highest BCUT2D eigenvalue weighted by Gasteiger charge is 2.12. The van der Waals surface area contributed by atoms with Crippen LogP contribution in [0.15, 0.2) is 41.8 Å². The molecule has 1 aromatic heterocycles. The molecule has 0 aliphatic rings. The number of hydrogen-bond donors (Lipinski definition) is 2. The van der Waals surface area contributed by atoms with Gasteiger partial charge in [0.25, 0.3) is 0 Å². The lowest BCUT2D eigenvalue weighted by atomic mass is 10.1. The summed E-state index contributed by atoms with van der Waals surface area (Å²) in [6.45, 7) is 2.56. The van der Waals surface area contributed by atoms with Gasteiger partial charge in [0.1, 0.15) is 6.10 Å². The molecule has 0 radical (unpaired) electrons. The Bertz CT molecular complexity index is 486. The highest BCUT2D eigenvalue weighted by atomic mass is 35.5. The minimum Gasteiger partial charge on any atom is -0.386 e. The molecule has 96 valence electrons. The summed E-state index contributed by atoms with van der Waals surface area (Å²) in [5, 5.41) is 16.0. The van der Waals surface area contributed by atoms with Crippen molar-refractivity contribution in [1.29, 1.82) is 0 Å². The van der Waals surface area contributed by atoms with E-state index in [1.54, 1.807) is 11.3 Å². The Labute approximate surface area is 116 Å². The van der Waals surface area contributed by atoms with Crippen molar-refractivity contribution in [3.63, 3.8) is 0 Å². The summed E-state index contributed by atoms with van der Waals surface area (Å²) in [6.07, 6.45) is -0.463. The van der Waals surface area contributed by atoms with Gasteiger partial charge in [0.2, 0.25) is 0 Å². The summed E-state index contributed by atoms with van der Waals surface area (Å²) in [4.78, 5) is 0.980. The molecule has 2 aromatic rings. The highest BCUT2D eigenvalue weighted by Crippen LogP contribution is 2.23. The second-order valence-electron chi connectivity index (χ2n) is 4.18. The maximum absolute atomic E-state index is 9.99. The van der Waals surface area contributed by atoms with Crippen LogP contribution in [-0.2, 0) is 0 Å². The molecule has 0 fully saturated rings. The standard InChI is InChI=1S/C14H16ClNOS/c1-10(11-5-2-3-6-12(11)15)16-9-13(17)14-7-4-8-18-14/h2-8,10,13,16-17H,9H2,1H3/t10-,13?/m1/s1. The van der Waals surface area contributed by atoms with E-state index in [-0.39, 0.29) is 6.04 Å². The van der Waals surface area contributed by atoms with Crippen LogP contribution in [0, 0.1) is 0 Å². The molecule has 0 bridgehead atoms. The van der Waals surface area contributed by atoms with Gasteiger partial charge in [-0.1, -0.05) is 35.9 Å². The molecular weight excluding hydrogens is 266 g/mol. The molecule has 2 rings (SSSR count). The molecule has 1 aromatic carbocycles. The van der Waals surface area contributed by atoms with Gasteiger partial charge >= 0.3 is 0 Å². The average molecular weight is 282 g/mol. The number of hydrogen-bond acceptors (Lipinski definition) is 3. The van der Waals surface area contributed by atoms with Crippen molar-refractivity contribution in [2.24, 2.45) is 0 Å². The summed E-state index contributed by atoms with van der Waals surface area (Å²) in [7, 11) is 0. The van der Waals surface area contributed by atoms with Gasteiger partial charge in [-0.05, 0) is 30.0 Å². The van der Waals surface area contributed by atoms with Crippen molar-refractivity contribution in [2.45, 2.75) is 19.1 Å². The van der Waals surface area contributed by atoms with E-state index in [4.69, 9.17) is 11.6 Å². The molecule has 4 heteroatoms. The minimum atomic E-state index is -0.463. The summed E-state index contributed by atoms with van der Waals surface area (Å²) >= 11 is 7.70. The predicted molar refractivity (Wildman–Crippen MR) is 77.1 cm³/mol. The van der Waals surface area contributed by atoms with Gasteiger partial charge in [-0.15, -0.1) is 11.3 Å². The average Bonchev–Trinajstić information content (AvgIpc) is 2.90. The van der Waals surface area contributed by atoms with Crippen LogP contribution in [0.2, 0.25) is 5.02 Å². The first-order chi connectivity index (χ1) is 8.68. The number of thiophene rings is 1. The molecule has 2 atom stereocenters. The number of halogens is 1. The molecular formula is C14H16ClNOS. The fraction of sp³-hybridized carbons (Fsp3) is 0.286. The van der Waals surface area contributed by atoms with Crippen LogP contribution in [0.4, 0.5) is 0 Å². The lowest BCUT2D eigenvalue weighted by molar-refractivity contribution is 0.174. The molecule has 0 aliphatic carbocycles. The van der Waals surface area contributed by atoms with Crippen molar-refractivity contribution in [3.8, 4) is 0 Å². The molecule has 1 unspecified atom stereocenters. The Morgan fingerprint density at radius 1 is 1.28 bits per heavy atom. The number of aliphatic hydroxyl groups excluding tert-OH is 1. The van der Waals surface area contributed by atoms with Crippen molar-refractivity contribution in [3.05, 3.63) is 57.2 Å². The second kappa shape index (κ2) is 6.34. The van der Waals surface area contributed by atoms with Crippen LogP contribution in [0.5, 0.6) is 0 Å². The molecule has 0 saturated heterocycles. The van der Waals surface area contributed by atoms with Crippen molar-refractivity contribution in [1.82, 2.24) is 5.32 Å². The Balaban J connectivity index is 1.93. The largest absolute Gasteiger partial charge is 0.386 e. The second-order valence-corrected chi connectivity index (χ2v) is 5.57. The molecule has 0 spiro atoms. The van der Waals surface area contributed by atoms with Gasteiger partial charge in [0, 0.05) is 22.5 Å². The number of nitrogens with one attached hydrogen (secondary N) is 1. The molecule has 2 N–H and O–H groups in total. The zero-order valence-corrected chi connectivity index (χ0v) is 11.7. The van der Waals surface area contributed by atoms with E-state index >= 15 is 0 Å². The zero-order chi connectivity index (χ0) is 13.0. The molecule has 2 nitrogen and oxygen atoms in total. The van der Waals surface area contributed by atoms with Crippen LogP contribution in [0.3, 0.4) is 0 Å². The van der Waals surface area contributed by atoms with Gasteiger partial charge in [0.05, 0.1) is 0 Å². The smallest absolute Gasteiger partial charge is 0.101 e. The van der Waals surface area contributed by atoms with Crippen molar-refractivity contribution >= 4 is 22.9 Å². The van der Waals surface area contributed by atoms with Crippen molar-refractivity contribution < 1.29 is 5.11 Å². The van der Waals surface area contributed by atoms with Crippen molar-refractivity contribution in [2.75, 3.05) is 6.54 Å². The Hall–Kier alpha value is -0.870. The fourth-order valence-electron chi connectivity index (χ4n) is 1.81. The van der Waals surface area contributed by atoms with Crippen LogP contribution in [-0.4, -0.2) is 11.7 Å². The number of rotatable bonds is 5. The van der Waals surface area contributed by atoms with E-state index in [9.17, 15) is 5.11 Å². The third-order valence-electron chi connectivity index (χ3n) is 2.86. The molecule has 0 saturated carbocycles. The van der Waals surface area contributed by atoms with E-state index in [2.05, 4.69) is 5.32 Å². The van der Waals surface area contributed by atoms with E-state index in [1.165, 1.54) is 0 Å². The number of aliphatic hydroxyl groups is 1. The van der Waals surface area contributed by atoms with Gasteiger partial charge in [-0.25, -0.2) is 0 Å². The van der Waals surface area contributed by atoms with Crippen LogP contribution in [0.25, 0.3) is 0 Å². The normalized spacial score (nSPS) is 14.4. The first-order valence-corrected chi connectivity index (χ1v) is 7.13. The fourth-order valence-corrected chi connectivity index (χ4v) is 2.82. The first-order valence-electron chi connectivity index (χ1n) is 5.87. The van der Waals surface area contributed by atoms with Gasteiger partial charge in [-0.2, -0.15) is 0 Å². The quantitative estimate of drug-likeness (QED) is 0.874. The lowest BCUT2D eigenvalue weighted by Crippen LogP contribution is -2.24. The third-order valence-corrected chi connectivity index (χ3v) is 4.18. The minimum absolute atomic E-state index is 0.119. The Kier molecular flexibility index (Phi) is 4.78. The van der Waals surface area contributed by atoms with E-state index < -0.39 is 6.10 Å². The SMILES string of the molecule is C[C@@H](NCC(O)c1cccs1)c1ccccc1Cl. The van der Waals surface area contributed by atoms with Gasteiger partial charge in [0.15, 0.2) is 0 Å². The highest BCUT2D eigenvalue weighted by molar-refractivity contribution is 7.10. The molecule has 0 amide bonds. The van der Waals surface area contributed by atoms with E-state index in [1.807, 2.05) is 48.7 Å². The topological polar surface area (TPSA) is 32.3 Å². The zero-order valence-electron chi connectivity index (χ0n) is 10.1. The summed E-state index contributed by atoms with van der Waals surface area (Å²) < 4.78 is 0. The first kappa shape index (κ1) is 13.6. The number of benzene rings is 1. The Morgan fingerprint density at radius 2 is 2.06 bits per heavy atom. The van der Waals surface area contributed by atoms with E-state index in [0.29, 0.717) is 6.54 Å². The predicted octanol–water partition coefficient (Wildman–Crippen LogP) is 3.79.